The number of aryl methyl sites for hydroxylation is 1. The number of hydrogen-bond acceptors (Lipinski definition) is 8. The van der Waals surface area contributed by atoms with Crippen LogP contribution in [0.2, 0.25) is 0 Å². The van der Waals surface area contributed by atoms with Crippen LogP contribution in [0.5, 0.6) is 11.6 Å². The SMILES string of the molecule is CC1=CC2C=C(C(=O)c3cnn(-c4cnc(Oc5c(F)cccc5F)cc4C)c3N)NC2C=C1NS(C)(=O)=O. The van der Waals surface area contributed by atoms with E-state index in [2.05, 4.69) is 20.1 Å². The van der Waals surface area contributed by atoms with Crippen molar-refractivity contribution in [3.63, 3.8) is 0 Å². The van der Waals surface area contributed by atoms with Crippen molar-refractivity contribution < 1.29 is 26.7 Å². The van der Waals surface area contributed by atoms with E-state index in [9.17, 15) is 22.0 Å². The third kappa shape index (κ3) is 5.12. The van der Waals surface area contributed by atoms with Gasteiger partial charge in [-0.05, 0) is 49.3 Å². The summed E-state index contributed by atoms with van der Waals surface area (Å²) in [6.07, 6.45) is 9.16. The molecule has 0 bridgehead atoms. The Labute approximate surface area is 222 Å². The Morgan fingerprint density at radius 1 is 1.15 bits per heavy atom. The number of sulfonamides is 1. The molecular formula is C26H24F2N6O4S. The highest BCUT2D eigenvalue weighted by Gasteiger charge is 2.32. The van der Waals surface area contributed by atoms with Gasteiger partial charge < -0.3 is 15.8 Å². The molecule has 0 amide bonds. The van der Waals surface area contributed by atoms with E-state index in [1.54, 1.807) is 26.0 Å². The molecule has 0 radical (unpaired) electrons. The normalized spacial score (nSPS) is 18.4. The fourth-order valence-electron chi connectivity index (χ4n) is 4.42. The Balaban J connectivity index is 1.36. The number of anilines is 1. The summed E-state index contributed by atoms with van der Waals surface area (Å²) in [5, 5.41) is 7.38. The van der Waals surface area contributed by atoms with Gasteiger partial charge in [-0.25, -0.2) is 26.9 Å². The highest BCUT2D eigenvalue weighted by Crippen LogP contribution is 2.32. The third-order valence-electron chi connectivity index (χ3n) is 6.31. The lowest BCUT2D eigenvalue weighted by molar-refractivity contribution is 0.102. The molecule has 1 aliphatic carbocycles. The van der Waals surface area contributed by atoms with Gasteiger partial charge in [-0.2, -0.15) is 5.10 Å². The van der Waals surface area contributed by atoms with E-state index >= 15 is 0 Å². The van der Waals surface area contributed by atoms with Crippen LogP contribution < -0.4 is 20.5 Å². The van der Waals surface area contributed by atoms with Crippen molar-refractivity contribution in [3.8, 4) is 17.3 Å². The van der Waals surface area contributed by atoms with Crippen LogP contribution in [0.1, 0.15) is 22.8 Å². The summed E-state index contributed by atoms with van der Waals surface area (Å²) in [5.74, 6) is -2.80. The van der Waals surface area contributed by atoms with E-state index in [4.69, 9.17) is 10.5 Å². The van der Waals surface area contributed by atoms with Gasteiger partial charge >= 0.3 is 0 Å². The molecule has 3 heterocycles. The van der Waals surface area contributed by atoms with Crippen molar-refractivity contribution in [2.24, 2.45) is 5.92 Å². The average Bonchev–Trinajstić information content (AvgIpc) is 3.44. The molecule has 5 rings (SSSR count). The van der Waals surface area contributed by atoms with Crippen LogP contribution in [-0.4, -0.2) is 41.3 Å². The lowest BCUT2D eigenvalue weighted by Crippen LogP contribution is -2.33. The van der Waals surface area contributed by atoms with Gasteiger partial charge in [0.05, 0.1) is 41.6 Å². The van der Waals surface area contributed by atoms with E-state index in [0.29, 0.717) is 22.6 Å². The third-order valence-corrected chi connectivity index (χ3v) is 6.90. The fraction of sp³-hybridized carbons (Fsp3) is 0.192. The number of nitrogens with two attached hydrogens (primary N) is 1. The predicted octanol–water partition coefficient (Wildman–Crippen LogP) is 3.28. The molecule has 13 heteroatoms. The van der Waals surface area contributed by atoms with E-state index < -0.39 is 27.4 Å². The molecule has 2 aromatic heterocycles. The first kappa shape index (κ1) is 26.1. The first-order valence-electron chi connectivity index (χ1n) is 11.7. The number of nitrogen functional groups attached to an aromatic ring is 1. The van der Waals surface area contributed by atoms with E-state index in [-0.39, 0.29) is 35.0 Å². The van der Waals surface area contributed by atoms with Crippen molar-refractivity contribution in [3.05, 3.63) is 94.6 Å². The number of nitrogens with zero attached hydrogens (tertiary/aromatic N) is 3. The number of rotatable bonds is 7. The summed E-state index contributed by atoms with van der Waals surface area (Å²) in [5.41, 5.74) is 8.97. The van der Waals surface area contributed by atoms with Gasteiger partial charge in [0.2, 0.25) is 27.4 Å². The van der Waals surface area contributed by atoms with Crippen molar-refractivity contribution in [2.75, 3.05) is 12.0 Å². The summed E-state index contributed by atoms with van der Waals surface area (Å²) in [6.45, 7) is 3.49. The molecule has 202 valence electrons. The standard InChI is InChI=1S/C26H24F2N6O4S/c1-13-7-15-9-21(32-20(15)10-19(13)33-39(3,36)37)24(35)16-11-31-34(26(16)29)22-12-30-23(8-14(22)2)38-25-17(27)5-4-6-18(25)28/h4-12,15,20,32-33H,29H2,1-3H3. The Kier molecular flexibility index (Phi) is 6.46. The minimum Gasteiger partial charge on any atom is -0.433 e. The van der Waals surface area contributed by atoms with Gasteiger partial charge in [-0.1, -0.05) is 12.1 Å². The van der Waals surface area contributed by atoms with Gasteiger partial charge in [0, 0.05) is 17.7 Å². The number of para-hydroxylation sites is 1. The van der Waals surface area contributed by atoms with Crippen molar-refractivity contribution in [2.45, 2.75) is 19.9 Å². The quantitative estimate of drug-likeness (QED) is 0.378. The zero-order chi connectivity index (χ0) is 28.1. The molecule has 0 spiro atoms. The van der Waals surface area contributed by atoms with E-state index in [0.717, 1.165) is 24.0 Å². The zero-order valence-electron chi connectivity index (χ0n) is 21.1. The highest BCUT2D eigenvalue weighted by atomic mass is 32.2. The molecule has 39 heavy (non-hydrogen) atoms. The highest BCUT2D eigenvalue weighted by molar-refractivity contribution is 7.88. The Morgan fingerprint density at radius 2 is 1.87 bits per heavy atom. The van der Waals surface area contributed by atoms with Crippen LogP contribution in [0, 0.1) is 24.5 Å². The fourth-order valence-corrected chi connectivity index (χ4v) is 5.05. The Hall–Kier alpha value is -4.52. The molecule has 1 aliphatic heterocycles. The number of hydrogen-bond donors (Lipinski definition) is 3. The number of benzene rings is 1. The van der Waals surface area contributed by atoms with Crippen molar-refractivity contribution in [1.29, 1.82) is 0 Å². The second-order valence-corrected chi connectivity index (χ2v) is 11.0. The molecule has 3 aromatic rings. The molecule has 2 atom stereocenters. The maximum atomic E-state index is 13.9. The van der Waals surface area contributed by atoms with Gasteiger partial charge in [0.1, 0.15) is 5.82 Å². The van der Waals surface area contributed by atoms with E-state index in [1.165, 1.54) is 29.2 Å². The largest absolute Gasteiger partial charge is 0.433 e. The van der Waals surface area contributed by atoms with Crippen LogP contribution in [0.4, 0.5) is 14.6 Å². The second kappa shape index (κ2) is 9.66. The number of aromatic nitrogens is 3. The maximum Gasteiger partial charge on any atom is 0.229 e. The smallest absolute Gasteiger partial charge is 0.229 e. The lowest BCUT2D eigenvalue weighted by Gasteiger charge is -2.23. The lowest BCUT2D eigenvalue weighted by atomic mass is 9.92. The number of Topliss-reactive ketones (excluding diaryl/α,β-unsaturated/α-hetero) is 1. The maximum absolute atomic E-state index is 13.9. The van der Waals surface area contributed by atoms with Crippen LogP contribution in [-0.2, 0) is 10.0 Å². The van der Waals surface area contributed by atoms with Crippen LogP contribution in [0.25, 0.3) is 5.69 Å². The molecule has 1 aromatic carbocycles. The number of carbonyl (C=O) groups is 1. The second-order valence-electron chi connectivity index (χ2n) is 9.28. The number of ether oxygens (including phenoxy) is 1. The number of halogens is 2. The molecular weight excluding hydrogens is 530 g/mol. The average molecular weight is 555 g/mol. The summed E-state index contributed by atoms with van der Waals surface area (Å²) in [4.78, 5) is 17.4. The van der Waals surface area contributed by atoms with Crippen LogP contribution in [0.15, 0.2) is 71.9 Å². The summed E-state index contributed by atoms with van der Waals surface area (Å²) in [6, 6.07) is 4.53. The number of fused-ring (bicyclic) bond motifs is 1. The Bertz CT molecular complexity index is 1690. The van der Waals surface area contributed by atoms with Crippen LogP contribution in [0.3, 0.4) is 0 Å². The molecule has 2 aliphatic rings. The van der Waals surface area contributed by atoms with Crippen molar-refractivity contribution in [1.82, 2.24) is 24.8 Å². The predicted molar refractivity (Wildman–Crippen MR) is 140 cm³/mol. The summed E-state index contributed by atoms with van der Waals surface area (Å²) in [7, 11) is -3.46. The van der Waals surface area contributed by atoms with Crippen molar-refractivity contribution >= 4 is 21.6 Å². The number of nitrogens with one attached hydrogen (secondary N) is 2. The monoisotopic (exact) mass is 554 g/mol. The molecule has 4 N–H and O–H groups in total. The summed E-state index contributed by atoms with van der Waals surface area (Å²) < 4.78 is 60.4. The van der Waals surface area contributed by atoms with E-state index in [1.807, 2.05) is 6.08 Å². The molecule has 2 unspecified atom stereocenters. The van der Waals surface area contributed by atoms with Gasteiger partial charge in [0.25, 0.3) is 0 Å². The molecule has 0 fully saturated rings. The van der Waals surface area contributed by atoms with Gasteiger partial charge in [-0.3, -0.25) is 9.52 Å². The number of ketones is 1. The zero-order valence-corrected chi connectivity index (χ0v) is 21.9. The van der Waals surface area contributed by atoms with Crippen LogP contribution >= 0.6 is 0 Å². The number of allylic oxidation sites excluding steroid dienone is 2. The topological polar surface area (TPSA) is 141 Å². The molecule has 10 nitrogen and oxygen atoms in total. The molecule has 0 saturated carbocycles. The summed E-state index contributed by atoms with van der Waals surface area (Å²) >= 11 is 0. The minimum absolute atomic E-state index is 0.0358. The Morgan fingerprint density at radius 3 is 2.54 bits per heavy atom. The molecule has 0 saturated heterocycles. The number of carbonyl (C=O) groups excluding carboxylic acids is 1. The first-order chi connectivity index (χ1) is 18.4. The van der Waals surface area contributed by atoms with Gasteiger partial charge in [0.15, 0.2) is 11.6 Å². The minimum atomic E-state index is -3.46. The van der Waals surface area contributed by atoms with Gasteiger partial charge in [-0.15, -0.1) is 0 Å². The number of pyridine rings is 1. The first-order valence-corrected chi connectivity index (χ1v) is 13.6.